The first-order chi connectivity index (χ1) is 29.7. The zero-order valence-electron chi connectivity index (χ0n) is 32.4. The average Bonchev–Trinajstić information content (AvgIpc) is 4.00. The Bertz CT molecular complexity index is 3060. The quantitative estimate of drug-likeness (QED) is 0.154. The highest BCUT2D eigenvalue weighted by atomic mass is 32.1. The summed E-state index contributed by atoms with van der Waals surface area (Å²) in [5, 5.41) is 4.80. The zero-order valence-corrected chi connectivity index (χ0v) is 34.0. The largest absolute Gasteiger partial charge is 0.208 e. The maximum Gasteiger partial charge on any atom is 0.164 e. The van der Waals surface area contributed by atoms with Gasteiger partial charge in [-0.15, -0.1) is 22.7 Å². The zero-order chi connectivity index (χ0) is 39.8. The van der Waals surface area contributed by atoms with Gasteiger partial charge in [0.15, 0.2) is 17.5 Å². The molecule has 11 rings (SSSR count). The molecule has 5 heteroatoms. The van der Waals surface area contributed by atoms with Crippen LogP contribution in [0.3, 0.4) is 0 Å². The van der Waals surface area contributed by atoms with Gasteiger partial charge in [0.05, 0.1) is 0 Å². The third kappa shape index (κ3) is 6.70. The van der Waals surface area contributed by atoms with E-state index >= 15 is 0 Å². The topological polar surface area (TPSA) is 38.7 Å². The number of thiophene rings is 2. The molecule has 60 heavy (non-hydrogen) atoms. The Morgan fingerprint density at radius 2 is 0.633 bits per heavy atom. The average molecular weight is 802 g/mol. The molecule has 0 saturated carbocycles. The van der Waals surface area contributed by atoms with Crippen molar-refractivity contribution < 1.29 is 0 Å². The molecule has 3 heterocycles. The summed E-state index contributed by atoms with van der Waals surface area (Å²) in [5.74, 6) is 1.91. The molecule has 0 spiro atoms. The minimum Gasteiger partial charge on any atom is -0.208 e. The lowest BCUT2D eigenvalue weighted by atomic mass is 9.93. The Labute approximate surface area is 356 Å². The standard InChI is InChI=1S/C55H35N3S2/c1-5-13-36(14-6-1)38-21-27-43(28-22-38)53-56-54(44-29-23-39(24-30-44)37-15-7-2-8-16-37)58-55(57-53)45-31-25-40(26-32-45)48-35-47-50(42-19-11-4-12-20-42)51-46(33-34-59-51)49(52(47)60-48)41-17-9-3-10-18-41/h1-35H. The van der Waals surface area contributed by atoms with Crippen LogP contribution in [0.2, 0.25) is 0 Å². The first kappa shape index (κ1) is 35.8. The summed E-state index contributed by atoms with van der Waals surface area (Å²) in [7, 11) is 0. The van der Waals surface area contributed by atoms with E-state index in [0.29, 0.717) is 17.5 Å². The number of benzene rings is 8. The van der Waals surface area contributed by atoms with Gasteiger partial charge in [-0.25, -0.2) is 15.0 Å². The molecule has 3 nitrogen and oxygen atoms in total. The van der Waals surface area contributed by atoms with Crippen molar-refractivity contribution >= 4 is 42.8 Å². The Morgan fingerprint density at radius 1 is 0.283 bits per heavy atom. The third-order valence-electron chi connectivity index (χ3n) is 11.1. The Morgan fingerprint density at radius 3 is 1.07 bits per heavy atom. The van der Waals surface area contributed by atoms with Crippen LogP contribution < -0.4 is 0 Å². The minimum atomic E-state index is 0.634. The highest BCUT2D eigenvalue weighted by Crippen LogP contribution is 2.50. The molecule has 0 amide bonds. The molecule has 0 saturated heterocycles. The molecule has 0 aliphatic rings. The van der Waals surface area contributed by atoms with Crippen LogP contribution in [0.15, 0.2) is 212 Å². The summed E-state index contributed by atoms with van der Waals surface area (Å²) >= 11 is 3.68. The minimum absolute atomic E-state index is 0.634. The van der Waals surface area contributed by atoms with Gasteiger partial charge in [0.25, 0.3) is 0 Å². The van der Waals surface area contributed by atoms with Gasteiger partial charge >= 0.3 is 0 Å². The molecule has 0 atom stereocenters. The van der Waals surface area contributed by atoms with Crippen molar-refractivity contribution in [2.45, 2.75) is 0 Å². The number of aromatic nitrogens is 3. The van der Waals surface area contributed by atoms with Gasteiger partial charge in [-0.3, -0.25) is 0 Å². The highest BCUT2D eigenvalue weighted by molar-refractivity contribution is 7.23. The molecule has 0 aliphatic heterocycles. The summed E-state index contributed by atoms with van der Waals surface area (Å²) in [5.41, 5.74) is 13.7. The lowest BCUT2D eigenvalue weighted by molar-refractivity contribution is 1.07. The molecule has 0 aliphatic carbocycles. The Kier molecular flexibility index (Phi) is 9.23. The number of nitrogens with zero attached hydrogens (tertiary/aromatic N) is 3. The Balaban J connectivity index is 1.01. The van der Waals surface area contributed by atoms with E-state index in [-0.39, 0.29) is 0 Å². The number of rotatable bonds is 8. The summed E-state index contributed by atoms with van der Waals surface area (Å²) in [6.07, 6.45) is 0. The maximum atomic E-state index is 5.10. The van der Waals surface area contributed by atoms with Crippen molar-refractivity contribution in [1.82, 2.24) is 15.0 Å². The molecule has 0 N–H and O–H groups in total. The van der Waals surface area contributed by atoms with Crippen LogP contribution in [0.1, 0.15) is 0 Å². The van der Waals surface area contributed by atoms with Crippen LogP contribution in [0.25, 0.3) is 109 Å². The molecular weight excluding hydrogens is 767 g/mol. The SMILES string of the molecule is c1ccc(-c2ccc(-c3nc(-c4ccc(-c5ccccc5)cc4)nc(-c4ccc(-c5cc6c(-c7ccccc7)c7sccc7c(-c7ccccc7)c6s5)cc4)n3)cc2)cc1. The fourth-order valence-corrected chi connectivity index (χ4v) is 10.3. The van der Waals surface area contributed by atoms with Gasteiger partial charge in [-0.1, -0.05) is 194 Å². The van der Waals surface area contributed by atoms with Crippen LogP contribution >= 0.6 is 22.7 Å². The molecule has 0 radical (unpaired) electrons. The van der Waals surface area contributed by atoms with E-state index in [9.17, 15) is 0 Å². The lowest BCUT2D eigenvalue weighted by Crippen LogP contribution is -2.00. The molecule has 282 valence electrons. The first-order valence-corrected chi connectivity index (χ1v) is 21.7. The van der Waals surface area contributed by atoms with Gasteiger partial charge in [-0.05, 0) is 56.5 Å². The predicted octanol–water partition coefficient (Wildman–Crippen LogP) is 15.6. The van der Waals surface area contributed by atoms with Gasteiger partial charge in [-0.2, -0.15) is 0 Å². The van der Waals surface area contributed by atoms with Crippen molar-refractivity contribution in [2.75, 3.05) is 0 Å². The van der Waals surface area contributed by atoms with Gasteiger partial charge in [0.2, 0.25) is 0 Å². The number of hydrogen-bond acceptors (Lipinski definition) is 5. The normalized spacial score (nSPS) is 11.3. The fourth-order valence-electron chi connectivity index (χ4n) is 8.06. The van der Waals surface area contributed by atoms with Crippen LogP contribution in [0, 0.1) is 0 Å². The van der Waals surface area contributed by atoms with E-state index in [2.05, 4.69) is 200 Å². The van der Waals surface area contributed by atoms with Crippen LogP contribution in [-0.4, -0.2) is 15.0 Å². The van der Waals surface area contributed by atoms with Crippen LogP contribution in [0.4, 0.5) is 0 Å². The van der Waals surface area contributed by atoms with Gasteiger partial charge in [0, 0.05) is 52.9 Å². The molecule has 11 aromatic rings. The number of fused-ring (bicyclic) bond motifs is 2. The number of hydrogen-bond donors (Lipinski definition) is 0. The molecule has 0 unspecified atom stereocenters. The van der Waals surface area contributed by atoms with Crippen LogP contribution in [0.5, 0.6) is 0 Å². The molecule has 0 fully saturated rings. The highest BCUT2D eigenvalue weighted by Gasteiger charge is 2.21. The van der Waals surface area contributed by atoms with Crippen molar-refractivity contribution in [3.8, 4) is 89.1 Å². The predicted molar refractivity (Wildman–Crippen MR) is 254 cm³/mol. The molecule has 0 bridgehead atoms. The monoisotopic (exact) mass is 801 g/mol. The van der Waals surface area contributed by atoms with Gasteiger partial charge < -0.3 is 0 Å². The third-order valence-corrected chi connectivity index (χ3v) is 13.2. The van der Waals surface area contributed by atoms with E-state index in [0.717, 1.165) is 33.4 Å². The van der Waals surface area contributed by atoms with E-state index in [4.69, 9.17) is 15.0 Å². The van der Waals surface area contributed by atoms with E-state index in [1.807, 2.05) is 34.8 Å². The Hall–Kier alpha value is -7.31. The second kappa shape index (κ2) is 15.5. The summed E-state index contributed by atoms with van der Waals surface area (Å²) in [6, 6.07) is 72.8. The van der Waals surface area contributed by atoms with Gasteiger partial charge in [0.1, 0.15) is 0 Å². The first-order valence-electron chi connectivity index (χ1n) is 20.0. The van der Waals surface area contributed by atoms with Crippen molar-refractivity contribution in [3.63, 3.8) is 0 Å². The lowest BCUT2D eigenvalue weighted by Gasteiger charge is -2.12. The second-order valence-corrected chi connectivity index (χ2v) is 16.7. The molecule has 3 aromatic heterocycles. The molecular formula is C55H35N3S2. The maximum absolute atomic E-state index is 5.10. The van der Waals surface area contributed by atoms with Crippen LogP contribution in [-0.2, 0) is 0 Å². The molecule has 8 aromatic carbocycles. The smallest absolute Gasteiger partial charge is 0.164 e. The fraction of sp³-hybridized carbons (Fsp3) is 0. The van der Waals surface area contributed by atoms with E-state index in [1.54, 1.807) is 0 Å². The summed E-state index contributed by atoms with van der Waals surface area (Å²) in [4.78, 5) is 16.5. The van der Waals surface area contributed by atoms with Crippen molar-refractivity contribution in [1.29, 1.82) is 0 Å². The van der Waals surface area contributed by atoms with Crippen molar-refractivity contribution in [3.05, 3.63) is 212 Å². The summed E-state index contributed by atoms with van der Waals surface area (Å²) in [6.45, 7) is 0. The van der Waals surface area contributed by atoms with E-state index in [1.165, 1.54) is 58.4 Å². The van der Waals surface area contributed by atoms with Crippen molar-refractivity contribution in [2.24, 2.45) is 0 Å². The van der Waals surface area contributed by atoms with E-state index < -0.39 is 0 Å². The summed E-state index contributed by atoms with van der Waals surface area (Å²) < 4.78 is 2.62. The second-order valence-electron chi connectivity index (χ2n) is 14.8.